The molecule has 0 unspecified atom stereocenters. The highest BCUT2D eigenvalue weighted by atomic mass is 16.5. The van der Waals surface area contributed by atoms with E-state index in [1.54, 1.807) is 6.92 Å². The zero-order chi connectivity index (χ0) is 17.2. The van der Waals surface area contributed by atoms with E-state index in [1.165, 1.54) is 12.7 Å². The molecule has 0 saturated carbocycles. The van der Waals surface area contributed by atoms with Crippen LogP contribution in [0.25, 0.3) is 0 Å². The van der Waals surface area contributed by atoms with Gasteiger partial charge in [0.05, 0.1) is 7.11 Å². The molecule has 0 atom stereocenters. The second-order valence-corrected chi connectivity index (χ2v) is 6.19. The van der Waals surface area contributed by atoms with Gasteiger partial charge in [-0.1, -0.05) is 17.7 Å². The third-order valence-corrected chi connectivity index (χ3v) is 4.20. The predicted octanol–water partition coefficient (Wildman–Crippen LogP) is 2.39. The summed E-state index contributed by atoms with van der Waals surface area (Å²) in [7, 11) is 3.48. The van der Waals surface area contributed by atoms with Crippen LogP contribution in [0.1, 0.15) is 39.5 Å². The van der Waals surface area contributed by atoms with Crippen LogP contribution >= 0.6 is 0 Å². The lowest BCUT2D eigenvalue weighted by molar-refractivity contribution is -0.136. The highest BCUT2D eigenvalue weighted by Crippen LogP contribution is 2.10. The van der Waals surface area contributed by atoms with Gasteiger partial charge in [0.1, 0.15) is 0 Å². The zero-order valence-electron chi connectivity index (χ0n) is 14.9. The largest absolute Gasteiger partial charge is 0.466 e. The number of carbonyl (C=O) groups is 2. The van der Waals surface area contributed by atoms with Crippen LogP contribution in [0.2, 0.25) is 0 Å². The molecule has 1 aliphatic heterocycles. The number of carbonyl (C=O) groups excluding carboxylic acids is 2. The lowest BCUT2D eigenvalue weighted by atomic mass is 10.1. The van der Waals surface area contributed by atoms with Gasteiger partial charge in [-0.05, 0) is 40.2 Å². The summed E-state index contributed by atoms with van der Waals surface area (Å²) in [5.41, 5.74) is 1.90. The molecule has 0 N–H and O–H groups in total. The van der Waals surface area contributed by atoms with Gasteiger partial charge in [-0.3, -0.25) is 4.79 Å². The smallest absolute Gasteiger partial charge is 0.333 e. The summed E-state index contributed by atoms with van der Waals surface area (Å²) >= 11 is 0. The minimum atomic E-state index is -0.274. The average molecular weight is 322 g/mol. The topological polar surface area (TPSA) is 49.9 Å². The molecule has 0 spiro atoms. The molecule has 0 aliphatic carbocycles. The van der Waals surface area contributed by atoms with Crippen molar-refractivity contribution in [2.45, 2.75) is 39.5 Å². The summed E-state index contributed by atoms with van der Waals surface area (Å²) < 4.78 is 4.66. The normalized spacial score (nSPS) is 17.3. The molecule has 1 aliphatic rings. The van der Waals surface area contributed by atoms with Crippen LogP contribution < -0.4 is 0 Å². The van der Waals surface area contributed by atoms with Crippen LogP contribution in [0.4, 0.5) is 0 Å². The molecule has 130 valence electrons. The van der Waals surface area contributed by atoms with Crippen LogP contribution in [0.5, 0.6) is 0 Å². The third kappa shape index (κ3) is 7.46. The number of amides is 1. The van der Waals surface area contributed by atoms with Crippen LogP contribution in [0.3, 0.4) is 0 Å². The van der Waals surface area contributed by atoms with Crippen molar-refractivity contribution in [1.29, 1.82) is 0 Å². The summed E-state index contributed by atoms with van der Waals surface area (Å²) in [6, 6.07) is 0. The molecule has 0 aromatic rings. The van der Waals surface area contributed by atoms with Crippen molar-refractivity contribution in [2.24, 2.45) is 0 Å². The maximum atomic E-state index is 12.1. The molecular formula is C18H30N2O3. The van der Waals surface area contributed by atoms with Gasteiger partial charge in [0.2, 0.25) is 5.91 Å². The van der Waals surface area contributed by atoms with Gasteiger partial charge in [0, 0.05) is 38.2 Å². The third-order valence-electron chi connectivity index (χ3n) is 4.20. The monoisotopic (exact) mass is 322 g/mol. The molecule has 23 heavy (non-hydrogen) atoms. The minimum Gasteiger partial charge on any atom is -0.466 e. The van der Waals surface area contributed by atoms with E-state index in [1.807, 2.05) is 11.0 Å². The Balaban J connectivity index is 2.26. The van der Waals surface area contributed by atoms with E-state index in [4.69, 9.17) is 0 Å². The molecule has 5 nitrogen and oxygen atoms in total. The number of hydrogen-bond donors (Lipinski definition) is 0. The molecule has 0 radical (unpaired) electrons. The predicted molar refractivity (Wildman–Crippen MR) is 92.1 cm³/mol. The molecule has 0 aromatic heterocycles. The first-order valence-corrected chi connectivity index (χ1v) is 8.31. The van der Waals surface area contributed by atoms with Crippen molar-refractivity contribution in [3.63, 3.8) is 0 Å². The molecule has 0 bridgehead atoms. The second kappa shape index (κ2) is 10.2. The van der Waals surface area contributed by atoms with Gasteiger partial charge in [0.25, 0.3) is 0 Å². The minimum absolute atomic E-state index is 0.253. The lowest BCUT2D eigenvalue weighted by Gasteiger charge is -2.32. The molecule has 1 fully saturated rings. The molecule has 1 rings (SSSR count). The Morgan fingerprint density at radius 3 is 2.22 bits per heavy atom. The van der Waals surface area contributed by atoms with Crippen LogP contribution in [-0.4, -0.2) is 62.0 Å². The summed E-state index contributed by atoms with van der Waals surface area (Å²) in [5, 5.41) is 0. The van der Waals surface area contributed by atoms with Crippen LogP contribution in [0, 0.1) is 0 Å². The first kappa shape index (κ1) is 19.4. The van der Waals surface area contributed by atoms with Crippen LogP contribution in [0.15, 0.2) is 23.3 Å². The Kier molecular flexibility index (Phi) is 8.62. The van der Waals surface area contributed by atoms with Crippen molar-refractivity contribution < 1.29 is 14.3 Å². The number of ether oxygens (including phenoxy) is 1. The Morgan fingerprint density at radius 2 is 1.61 bits per heavy atom. The fourth-order valence-electron chi connectivity index (χ4n) is 2.52. The Morgan fingerprint density at radius 1 is 1.00 bits per heavy atom. The standard InChI is InChI=1S/C18H30N2O3/c1-15(7-5-9-16(2)18(22)23-4)8-6-10-17(21)20-13-11-19(3)12-14-20/h8-9H,5-7,10-14H2,1-4H3/b15-8+,16-9+. The van der Waals surface area contributed by atoms with Crippen molar-refractivity contribution in [3.05, 3.63) is 23.3 Å². The molecule has 1 amide bonds. The first-order valence-electron chi connectivity index (χ1n) is 8.31. The van der Waals surface area contributed by atoms with Crippen molar-refractivity contribution in [1.82, 2.24) is 9.80 Å². The number of rotatable bonds is 7. The van der Waals surface area contributed by atoms with E-state index in [2.05, 4.69) is 29.7 Å². The van der Waals surface area contributed by atoms with Gasteiger partial charge < -0.3 is 14.5 Å². The average Bonchev–Trinajstić information content (AvgIpc) is 2.54. The summed E-state index contributed by atoms with van der Waals surface area (Å²) in [6.45, 7) is 7.45. The van der Waals surface area contributed by atoms with E-state index in [9.17, 15) is 9.59 Å². The van der Waals surface area contributed by atoms with Gasteiger partial charge in [-0.15, -0.1) is 0 Å². The fraction of sp³-hybridized carbons (Fsp3) is 0.667. The summed E-state index contributed by atoms with van der Waals surface area (Å²) in [6.07, 6.45) is 7.12. The Labute approximate surface area is 140 Å². The number of allylic oxidation sites excluding steroid dienone is 3. The van der Waals surface area contributed by atoms with Crippen molar-refractivity contribution in [3.8, 4) is 0 Å². The van der Waals surface area contributed by atoms with Gasteiger partial charge >= 0.3 is 5.97 Å². The van der Waals surface area contributed by atoms with E-state index < -0.39 is 0 Å². The van der Waals surface area contributed by atoms with Gasteiger partial charge in [0.15, 0.2) is 0 Å². The number of likely N-dealkylation sites (N-methyl/N-ethyl adjacent to an activating group) is 1. The number of piperazine rings is 1. The van der Waals surface area contributed by atoms with Crippen LogP contribution in [-0.2, 0) is 14.3 Å². The highest BCUT2D eigenvalue weighted by molar-refractivity contribution is 5.87. The number of esters is 1. The maximum absolute atomic E-state index is 12.1. The van der Waals surface area contributed by atoms with E-state index in [-0.39, 0.29) is 11.9 Å². The summed E-state index contributed by atoms with van der Waals surface area (Å²) in [4.78, 5) is 27.6. The van der Waals surface area contributed by atoms with Crippen molar-refractivity contribution >= 4 is 11.9 Å². The van der Waals surface area contributed by atoms with Gasteiger partial charge in [-0.25, -0.2) is 4.79 Å². The summed E-state index contributed by atoms with van der Waals surface area (Å²) in [5.74, 6) is -0.0204. The first-order chi connectivity index (χ1) is 10.9. The van der Waals surface area contributed by atoms with E-state index in [0.717, 1.165) is 45.4 Å². The van der Waals surface area contributed by atoms with Gasteiger partial charge in [-0.2, -0.15) is 0 Å². The quantitative estimate of drug-likeness (QED) is 0.410. The Bertz CT molecular complexity index is 461. The maximum Gasteiger partial charge on any atom is 0.333 e. The second-order valence-electron chi connectivity index (χ2n) is 6.19. The molecule has 1 saturated heterocycles. The number of methoxy groups -OCH3 is 1. The van der Waals surface area contributed by atoms with Crippen molar-refractivity contribution in [2.75, 3.05) is 40.3 Å². The highest BCUT2D eigenvalue weighted by Gasteiger charge is 2.17. The van der Waals surface area contributed by atoms with E-state index in [0.29, 0.717) is 12.0 Å². The fourth-order valence-corrected chi connectivity index (χ4v) is 2.52. The number of nitrogens with zero attached hydrogens (tertiary/aromatic N) is 2. The molecular weight excluding hydrogens is 292 g/mol. The molecule has 5 heteroatoms. The SMILES string of the molecule is COC(=O)/C(C)=C/CC/C(C)=C/CCC(=O)N1CCN(C)CC1. The van der Waals surface area contributed by atoms with E-state index >= 15 is 0 Å². The lowest BCUT2D eigenvalue weighted by Crippen LogP contribution is -2.47. The zero-order valence-corrected chi connectivity index (χ0v) is 14.9. The molecule has 0 aromatic carbocycles. The molecule has 1 heterocycles. The Hall–Kier alpha value is -1.62. The number of hydrogen-bond acceptors (Lipinski definition) is 4.